The van der Waals surface area contributed by atoms with Crippen LogP contribution in [0.5, 0.6) is 0 Å². The van der Waals surface area contributed by atoms with Gasteiger partial charge in [0, 0.05) is 74.5 Å². The molecule has 0 aliphatic carbocycles. The van der Waals surface area contributed by atoms with Crippen molar-refractivity contribution in [2.24, 2.45) is 19.8 Å². The molecule has 6 aromatic carbocycles. The molecule has 0 aliphatic rings. The van der Waals surface area contributed by atoms with E-state index in [9.17, 15) is 9.59 Å². The van der Waals surface area contributed by atoms with E-state index in [0.29, 0.717) is 46.8 Å². The molecule has 8 rings (SSSR count). The molecule has 10 heteroatoms. The Hall–Kier alpha value is -7.04. The Balaban J connectivity index is 1.22. The Labute approximate surface area is 330 Å². The molecule has 10 nitrogen and oxygen atoms in total. The first kappa shape index (κ1) is 36.9. The van der Waals surface area contributed by atoms with Crippen molar-refractivity contribution in [2.75, 3.05) is 36.0 Å². The van der Waals surface area contributed by atoms with Crippen LogP contribution in [-0.2, 0) is 14.1 Å². The zero-order valence-corrected chi connectivity index (χ0v) is 32.1. The van der Waals surface area contributed by atoms with Gasteiger partial charge in [0.15, 0.2) is 0 Å². The lowest BCUT2D eigenvalue weighted by Crippen LogP contribution is -2.38. The van der Waals surface area contributed by atoms with E-state index in [2.05, 4.69) is 9.13 Å². The minimum Gasteiger partial charge on any atom is -0.399 e. The lowest BCUT2D eigenvalue weighted by atomic mass is 9.97. The maximum absolute atomic E-state index is 14.7. The van der Waals surface area contributed by atoms with Gasteiger partial charge in [0.2, 0.25) is 22.4 Å². The van der Waals surface area contributed by atoms with Gasteiger partial charge >= 0.3 is 0 Å². The van der Waals surface area contributed by atoms with E-state index < -0.39 is 0 Å². The number of nitrogens with zero attached hydrogens (tertiary/aromatic N) is 3. The van der Waals surface area contributed by atoms with E-state index in [1.165, 1.54) is 4.90 Å². The van der Waals surface area contributed by atoms with E-state index in [4.69, 9.17) is 28.7 Å². The van der Waals surface area contributed by atoms with Crippen LogP contribution in [0.2, 0.25) is 0 Å². The largest absolute Gasteiger partial charge is 0.399 e. The second-order valence-electron chi connectivity index (χ2n) is 14.8. The molecule has 284 valence electrons. The van der Waals surface area contributed by atoms with Gasteiger partial charge in [0.25, 0.3) is 11.8 Å². The van der Waals surface area contributed by atoms with Gasteiger partial charge in [-0.05, 0) is 104 Å². The maximum atomic E-state index is 14.7. The number of unbranched alkanes of at least 4 members (excludes halogenated alkanes) is 2. The summed E-state index contributed by atoms with van der Waals surface area (Å²) in [5.41, 5.74) is 39.5. The molecule has 0 fully saturated rings. The number of nitrogens with two attached hydrogens (primary N) is 5. The van der Waals surface area contributed by atoms with E-state index in [-0.39, 0.29) is 18.4 Å². The molecule has 0 saturated heterocycles. The second kappa shape index (κ2) is 14.9. The van der Waals surface area contributed by atoms with Crippen LogP contribution >= 0.6 is 0 Å². The van der Waals surface area contributed by atoms with Gasteiger partial charge in [-0.3, -0.25) is 14.5 Å². The molecular weight excluding hydrogens is 709 g/mol. The third kappa shape index (κ3) is 6.70. The molecule has 0 saturated carbocycles. The summed E-state index contributed by atoms with van der Waals surface area (Å²) in [6, 6.07) is 38.3. The molecule has 0 atom stereocenters. The minimum absolute atomic E-state index is 0.233. The normalized spacial score (nSPS) is 11.5. The molecule has 0 unspecified atom stereocenters. The first-order chi connectivity index (χ1) is 27.5. The van der Waals surface area contributed by atoms with Crippen molar-refractivity contribution in [3.05, 3.63) is 132 Å². The first-order valence-electron chi connectivity index (χ1n) is 19.1. The van der Waals surface area contributed by atoms with Crippen molar-refractivity contribution < 1.29 is 18.7 Å². The predicted octanol–water partition coefficient (Wildman–Crippen LogP) is 7.02. The molecule has 57 heavy (non-hydrogen) atoms. The quantitative estimate of drug-likeness (QED) is 0.0346. The molecule has 2 heterocycles. The van der Waals surface area contributed by atoms with Gasteiger partial charge in [-0.15, -0.1) is 0 Å². The number of hydrogen-bond donors (Lipinski definition) is 5. The Morgan fingerprint density at radius 2 is 0.912 bits per heavy atom. The maximum Gasteiger partial charge on any atom is 0.260 e. The van der Waals surface area contributed by atoms with Gasteiger partial charge in [-0.25, -0.2) is 0 Å². The van der Waals surface area contributed by atoms with Crippen LogP contribution in [0.25, 0.3) is 65.9 Å². The number of anilines is 4. The van der Waals surface area contributed by atoms with E-state index in [0.717, 1.165) is 78.7 Å². The molecule has 2 amide bonds. The second-order valence-corrected chi connectivity index (χ2v) is 14.8. The van der Waals surface area contributed by atoms with Crippen molar-refractivity contribution in [1.82, 2.24) is 4.90 Å². The van der Waals surface area contributed by atoms with Gasteiger partial charge < -0.3 is 28.7 Å². The van der Waals surface area contributed by atoms with Gasteiger partial charge in [-0.2, -0.15) is 9.13 Å². The number of amides is 2. The molecule has 0 bridgehead atoms. The lowest BCUT2D eigenvalue weighted by molar-refractivity contribution is -0.632. The summed E-state index contributed by atoms with van der Waals surface area (Å²) in [5.74, 6) is -0.775. The van der Waals surface area contributed by atoms with Crippen LogP contribution < -0.4 is 37.8 Å². The number of aryl methyl sites for hydroxylation is 2. The number of carbonyl (C=O) groups excluding carboxylic acids is 2. The molecular formula is C47H46N8O2+2. The highest BCUT2D eigenvalue weighted by Crippen LogP contribution is 2.35. The highest BCUT2D eigenvalue weighted by Gasteiger charge is 2.28. The standard InChI is InChI=1S/C47H44N8O2/c1-53-42-26-34(51)14-18-38(42)36-16-12-32(49)24-40(36)44(53)28-8-6-10-30(22-28)46(56)55(21-5-3-4-20-48)47(57)31-11-7-9-29(23-31)45-41-25-33(50)13-17-37(41)39-19-15-35(52)27-43(39)54(45)2/h6-19,22-27,51-52H,3-5,20-21,48-50H2,1-2H3/p+2. The van der Waals surface area contributed by atoms with Crippen LogP contribution in [0, 0.1) is 0 Å². The summed E-state index contributed by atoms with van der Waals surface area (Å²) in [7, 11) is 3.97. The Bertz CT molecular complexity index is 2730. The zero-order chi connectivity index (χ0) is 40.0. The minimum atomic E-state index is -0.388. The van der Waals surface area contributed by atoms with Gasteiger partial charge in [0.05, 0.1) is 21.5 Å². The molecule has 0 spiro atoms. The number of rotatable bonds is 9. The van der Waals surface area contributed by atoms with E-state index in [1.807, 2.05) is 123 Å². The number of carbonyl (C=O) groups is 2. The number of pyridine rings is 2. The topological polar surface area (TPSA) is 175 Å². The number of hydrogen-bond acceptors (Lipinski definition) is 7. The predicted molar refractivity (Wildman–Crippen MR) is 232 cm³/mol. The number of imide groups is 1. The molecule has 2 aromatic heterocycles. The summed E-state index contributed by atoms with van der Waals surface area (Å²) in [6.45, 7) is 0.767. The van der Waals surface area contributed by atoms with Crippen LogP contribution in [0.3, 0.4) is 0 Å². The zero-order valence-electron chi connectivity index (χ0n) is 32.1. The molecule has 10 N–H and O–H groups in total. The fourth-order valence-electron chi connectivity index (χ4n) is 8.19. The third-order valence-corrected chi connectivity index (χ3v) is 11.0. The Morgan fingerprint density at radius 1 is 0.491 bits per heavy atom. The van der Waals surface area contributed by atoms with Crippen molar-refractivity contribution in [3.8, 4) is 22.5 Å². The highest BCUT2D eigenvalue weighted by atomic mass is 16.2. The first-order valence-corrected chi connectivity index (χ1v) is 19.1. The lowest BCUT2D eigenvalue weighted by Gasteiger charge is -2.22. The molecule has 8 aromatic rings. The summed E-state index contributed by atoms with van der Waals surface area (Å²) in [4.78, 5) is 30.7. The monoisotopic (exact) mass is 754 g/mol. The summed E-state index contributed by atoms with van der Waals surface area (Å²) in [6.07, 6.45) is 2.18. The fourth-order valence-corrected chi connectivity index (χ4v) is 8.19. The number of benzene rings is 6. The van der Waals surface area contributed by atoms with Crippen LogP contribution in [0.15, 0.2) is 121 Å². The van der Waals surface area contributed by atoms with Gasteiger partial charge in [0.1, 0.15) is 14.1 Å². The number of fused-ring (bicyclic) bond motifs is 6. The number of aromatic nitrogens is 2. The summed E-state index contributed by atoms with van der Waals surface area (Å²) < 4.78 is 4.16. The highest BCUT2D eigenvalue weighted by molar-refractivity contribution is 6.14. The Morgan fingerprint density at radius 3 is 1.35 bits per heavy atom. The van der Waals surface area contributed by atoms with Crippen molar-refractivity contribution in [1.29, 1.82) is 0 Å². The SMILES string of the molecule is C[n+]1c(-c2cccc(C(=O)N(CCCCCN)C(=O)c3cccc(-c4c5cc(N)ccc5c5ccc(N)cc5[n+]4C)c3)c2)c2cc(N)ccc2c2ccc(N)cc21. The van der Waals surface area contributed by atoms with Crippen LogP contribution in [0.4, 0.5) is 22.7 Å². The number of nitrogen functional groups attached to an aromatic ring is 4. The fraction of sp³-hybridized carbons (Fsp3) is 0.149. The average Bonchev–Trinajstić information content (AvgIpc) is 3.21. The van der Waals surface area contributed by atoms with Crippen LogP contribution in [-0.4, -0.2) is 29.8 Å². The van der Waals surface area contributed by atoms with Crippen molar-refractivity contribution >= 4 is 77.9 Å². The van der Waals surface area contributed by atoms with Crippen molar-refractivity contribution in [2.45, 2.75) is 19.3 Å². The van der Waals surface area contributed by atoms with Gasteiger partial charge in [-0.1, -0.05) is 30.7 Å². The van der Waals surface area contributed by atoms with Crippen molar-refractivity contribution in [3.63, 3.8) is 0 Å². The molecule has 0 radical (unpaired) electrons. The van der Waals surface area contributed by atoms with E-state index >= 15 is 0 Å². The summed E-state index contributed by atoms with van der Waals surface area (Å²) in [5, 5.41) is 5.97. The Kier molecular flexibility index (Phi) is 9.64. The van der Waals surface area contributed by atoms with E-state index in [1.54, 1.807) is 12.1 Å². The van der Waals surface area contributed by atoms with Crippen LogP contribution in [0.1, 0.15) is 40.0 Å². The third-order valence-electron chi connectivity index (χ3n) is 11.0. The smallest absolute Gasteiger partial charge is 0.260 e. The average molecular weight is 755 g/mol. The summed E-state index contributed by atoms with van der Waals surface area (Å²) >= 11 is 0. The molecule has 0 aliphatic heterocycles.